The van der Waals surface area contributed by atoms with E-state index in [1.165, 1.54) is 6.92 Å². The van der Waals surface area contributed by atoms with E-state index in [0.29, 0.717) is 0 Å². The zero-order valence-corrected chi connectivity index (χ0v) is 10.3. The number of hydrogen-bond acceptors (Lipinski definition) is 2. The Morgan fingerprint density at radius 2 is 2.27 bits per heavy atom. The Morgan fingerprint density at radius 1 is 1.60 bits per heavy atom. The van der Waals surface area contributed by atoms with E-state index >= 15 is 0 Å². The van der Waals surface area contributed by atoms with Crippen molar-refractivity contribution in [1.29, 1.82) is 5.26 Å². The average molecular weight is 266 g/mol. The molecule has 1 unspecified atom stereocenters. The van der Waals surface area contributed by atoms with Crippen molar-refractivity contribution in [3.05, 3.63) is 34.3 Å². The number of hydrogen-bond donors (Lipinski definition) is 0. The second-order valence-electron chi connectivity index (χ2n) is 3.83. The van der Waals surface area contributed by atoms with Crippen LogP contribution in [0.25, 0.3) is 0 Å². The van der Waals surface area contributed by atoms with E-state index in [2.05, 4.69) is 22.0 Å². The quantitative estimate of drug-likeness (QED) is 0.842. The predicted octanol–water partition coefficient (Wildman–Crippen LogP) is 3.21. The highest BCUT2D eigenvalue weighted by Gasteiger charge is 2.28. The van der Waals surface area contributed by atoms with Gasteiger partial charge in [0.1, 0.15) is 5.78 Å². The van der Waals surface area contributed by atoms with Crippen molar-refractivity contribution in [2.75, 3.05) is 0 Å². The molecule has 0 aliphatic carbocycles. The van der Waals surface area contributed by atoms with E-state index in [0.717, 1.165) is 10.0 Å². The molecule has 0 aliphatic rings. The Kier molecular flexibility index (Phi) is 3.65. The first-order chi connectivity index (χ1) is 6.98. The van der Waals surface area contributed by atoms with Gasteiger partial charge in [0.25, 0.3) is 0 Å². The highest BCUT2D eigenvalue weighted by Crippen LogP contribution is 2.29. The third-order valence-electron chi connectivity index (χ3n) is 2.31. The first kappa shape index (κ1) is 11.9. The average Bonchev–Trinajstić information content (AvgIpc) is 2.16. The van der Waals surface area contributed by atoms with Crippen LogP contribution in [-0.4, -0.2) is 5.78 Å². The van der Waals surface area contributed by atoms with Crippen LogP contribution in [0.5, 0.6) is 0 Å². The van der Waals surface area contributed by atoms with E-state index in [1.54, 1.807) is 6.92 Å². The number of nitriles is 1. The fraction of sp³-hybridized carbons (Fsp3) is 0.333. The lowest BCUT2D eigenvalue weighted by molar-refractivity contribution is -0.117. The molecule has 0 spiro atoms. The summed E-state index contributed by atoms with van der Waals surface area (Å²) in [6, 6.07) is 9.73. The maximum absolute atomic E-state index is 11.1. The summed E-state index contributed by atoms with van der Waals surface area (Å²) in [4.78, 5) is 11.1. The first-order valence-electron chi connectivity index (χ1n) is 4.65. The van der Waals surface area contributed by atoms with Gasteiger partial charge in [-0.15, -0.1) is 0 Å². The summed E-state index contributed by atoms with van der Waals surface area (Å²) in [5.41, 5.74) is 0.143. The number of carbonyl (C=O) groups is 1. The molecule has 0 N–H and O–H groups in total. The van der Waals surface area contributed by atoms with Crippen LogP contribution >= 0.6 is 15.9 Å². The van der Waals surface area contributed by atoms with Gasteiger partial charge in [-0.05, 0) is 31.5 Å². The molecule has 0 saturated carbocycles. The molecule has 0 fully saturated rings. The predicted molar refractivity (Wildman–Crippen MR) is 62.4 cm³/mol. The monoisotopic (exact) mass is 265 g/mol. The van der Waals surface area contributed by atoms with Crippen LogP contribution in [0.2, 0.25) is 0 Å². The van der Waals surface area contributed by atoms with Gasteiger partial charge in [-0.2, -0.15) is 5.26 Å². The topological polar surface area (TPSA) is 40.9 Å². The number of halogens is 1. The maximum atomic E-state index is 11.1. The van der Waals surface area contributed by atoms with Crippen LogP contribution in [0, 0.1) is 11.3 Å². The number of ketones is 1. The Balaban J connectivity index is 3.12. The van der Waals surface area contributed by atoms with Crippen LogP contribution in [-0.2, 0) is 10.2 Å². The van der Waals surface area contributed by atoms with Crippen molar-refractivity contribution in [3.8, 4) is 6.07 Å². The minimum Gasteiger partial charge on any atom is -0.300 e. The molecule has 1 aromatic carbocycles. The summed E-state index contributed by atoms with van der Waals surface area (Å²) in [7, 11) is 0. The molecule has 0 amide bonds. The minimum atomic E-state index is -0.727. The third-order valence-corrected chi connectivity index (χ3v) is 2.80. The summed E-state index contributed by atoms with van der Waals surface area (Å²) in [5, 5.41) is 9.16. The number of rotatable bonds is 3. The van der Waals surface area contributed by atoms with Crippen molar-refractivity contribution in [1.82, 2.24) is 0 Å². The summed E-state index contributed by atoms with van der Waals surface area (Å²) in [6.45, 7) is 3.30. The molecule has 1 aromatic rings. The van der Waals surface area contributed by atoms with E-state index in [-0.39, 0.29) is 12.2 Å². The number of benzene rings is 1. The number of carbonyl (C=O) groups excluding carboxylic acids is 1. The van der Waals surface area contributed by atoms with E-state index in [1.807, 2.05) is 24.3 Å². The van der Waals surface area contributed by atoms with Gasteiger partial charge in [0.05, 0.1) is 11.5 Å². The van der Waals surface area contributed by atoms with E-state index in [4.69, 9.17) is 5.26 Å². The van der Waals surface area contributed by atoms with Gasteiger partial charge in [-0.3, -0.25) is 4.79 Å². The van der Waals surface area contributed by atoms with Crippen molar-refractivity contribution < 1.29 is 4.79 Å². The van der Waals surface area contributed by atoms with Crippen LogP contribution < -0.4 is 0 Å². The van der Waals surface area contributed by atoms with Crippen molar-refractivity contribution in [2.45, 2.75) is 25.7 Å². The van der Waals surface area contributed by atoms with Gasteiger partial charge in [0, 0.05) is 10.9 Å². The van der Waals surface area contributed by atoms with Crippen LogP contribution in [0.15, 0.2) is 28.7 Å². The maximum Gasteiger partial charge on any atom is 0.131 e. The SMILES string of the molecule is CC(=O)CC(C)(C#N)c1cccc(Br)c1. The minimum absolute atomic E-state index is 0.0269. The van der Waals surface area contributed by atoms with Crippen molar-refractivity contribution >= 4 is 21.7 Å². The second-order valence-corrected chi connectivity index (χ2v) is 4.75. The summed E-state index contributed by atoms with van der Waals surface area (Å²) >= 11 is 3.36. The Morgan fingerprint density at radius 3 is 2.73 bits per heavy atom. The lowest BCUT2D eigenvalue weighted by atomic mass is 9.80. The Bertz CT molecular complexity index is 422. The van der Waals surface area contributed by atoms with E-state index in [9.17, 15) is 4.79 Å². The third kappa shape index (κ3) is 2.90. The van der Waals surface area contributed by atoms with Gasteiger partial charge < -0.3 is 0 Å². The molecule has 78 valence electrons. The molecule has 0 aliphatic heterocycles. The highest BCUT2D eigenvalue weighted by atomic mass is 79.9. The Hall–Kier alpha value is -1.14. The van der Waals surface area contributed by atoms with E-state index < -0.39 is 5.41 Å². The Labute approximate surface area is 98.0 Å². The molecule has 0 heterocycles. The molecule has 1 rings (SSSR count). The van der Waals surface area contributed by atoms with Crippen molar-refractivity contribution in [3.63, 3.8) is 0 Å². The molecule has 0 aromatic heterocycles. The van der Waals surface area contributed by atoms with Gasteiger partial charge in [0.2, 0.25) is 0 Å². The smallest absolute Gasteiger partial charge is 0.131 e. The summed E-state index contributed by atoms with van der Waals surface area (Å²) in [6.07, 6.45) is 0.250. The molecule has 15 heavy (non-hydrogen) atoms. The van der Waals surface area contributed by atoms with Gasteiger partial charge in [-0.25, -0.2) is 0 Å². The molecular formula is C12H12BrNO. The summed E-state index contributed by atoms with van der Waals surface area (Å²) in [5.74, 6) is 0.0269. The first-order valence-corrected chi connectivity index (χ1v) is 5.44. The zero-order chi connectivity index (χ0) is 11.5. The largest absolute Gasteiger partial charge is 0.300 e. The van der Waals surface area contributed by atoms with Crippen LogP contribution in [0.3, 0.4) is 0 Å². The second kappa shape index (κ2) is 4.59. The number of nitrogens with zero attached hydrogens (tertiary/aromatic N) is 1. The number of Topliss-reactive ketones (excluding diaryl/α,β-unsaturated/α-hetero) is 1. The lowest BCUT2D eigenvalue weighted by Crippen LogP contribution is -2.22. The molecular weight excluding hydrogens is 254 g/mol. The molecule has 2 nitrogen and oxygen atoms in total. The fourth-order valence-corrected chi connectivity index (χ4v) is 1.93. The summed E-state index contributed by atoms with van der Waals surface area (Å²) < 4.78 is 0.921. The molecule has 0 bridgehead atoms. The van der Waals surface area contributed by atoms with Crippen LogP contribution in [0.1, 0.15) is 25.8 Å². The normalized spacial score (nSPS) is 14.0. The van der Waals surface area contributed by atoms with Gasteiger partial charge in [0.15, 0.2) is 0 Å². The van der Waals surface area contributed by atoms with Gasteiger partial charge >= 0.3 is 0 Å². The van der Waals surface area contributed by atoms with Crippen LogP contribution in [0.4, 0.5) is 0 Å². The standard InChI is InChI=1S/C12H12BrNO/c1-9(15)7-12(2,8-14)10-4-3-5-11(13)6-10/h3-6H,7H2,1-2H3. The van der Waals surface area contributed by atoms with Gasteiger partial charge in [-0.1, -0.05) is 28.1 Å². The van der Waals surface area contributed by atoms with Crippen molar-refractivity contribution in [2.24, 2.45) is 0 Å². The highest BCUT2D eigenvalue weighted by molar-refractivity contribution is 9.10. The zero-order valence-electron chi connectivity index (χ0n) is 8.75. The lowest BCUT2D eigenvalue weighted by Gasteiger charge is -2.20. The molecule has 1 atom stereocenters. The molecule has 0 radical (unpaired) electrons. The molecule has 3 heteroatoms. The molecule has 0 saturated heterocycles. The fourth-order valence-electron chi connectivity index (χ4n) is 1.54.